The van der Waals surface area contributed by atoms with Crippen molar-refractivity contribution < 1.29 is 4.74 Å². The Kier molecular flexibility index (Phi) is 3.30. The van der Waals surface area contributed by atoms with E-state index in [1.807, 2.05) is 26.4 Å². The number of nitrogens with two attached hydrogens (primary N) is 1. The zero-order valence-corrected chi connectivity index (χ0v) is 10.1. The quantitative estimate of drug-likeness (QED) is 0.845. The van der Waals surface area contributed by atoms with E-state index >= 15 is 0 Å². The standard InChI is InChI=1S/C12H21N3O/c1-12(2,13)11-7-14-9-15(11)8-10-3-5-16-6-4-10/h7,9-10H,3-6,8,13H2,1-2H3. The van der Waals surface area contributed by atoms with Crippen LogP contribution in [0.1, 0.15) is 32.4 Å². The molecule has 0 amide bonds. The van der Waals surface area contributed by atoms with Crippen LogP contribution in [0.3, 0.4) is 0 Å². The molecule has 16 heavy (non-hydrogen) atoms. The van der Waals surface area contributed by atoms with Gasteiger partial charge in [0.25, 0.3) is 0 Å². The van der Waals surface area contributed by atoms with E-state index in [0.717, 1.165) is 38.3 Å². The van der Waals surface area contributed by atoms with E-state index in [-0.39, 0.29) is 5.54 Å². The molecule has 2 N–H and O–H groups in total. The third-order valence-corrected chi connectivity index (χ3v) is 3.17. The molecule has 1 aliphatic rings. The molecule has 0 atom stereocenters. The summed E-state index contributed by atoms with van der Waals surface area (Å²) in [5, 5.41) is 0. The molecule has 2 heterocycles. The van der Waals surface area contributed by atoms with E-state index < -0.39 is 0 Å². The lowest BCUT2D eigenvalue weighted by Gasteiger charge is -2.26. The summed E-state index contributed by atoms with van der Waals surface area (Å²) >= 11 is 0. The first kappa shape index (κ1) is 11.6. The summed E-state index contributed by atoms with van der Waals surface area (Å²) in [5.41, 5.74) is 6.91. The van der Waals surface area contributed by atoms with Crippen molar-refractivity contribution in [2.75, 3.05) is 13.2 Å². The van der Waals surface area contributed by atoms with Crippen molar-refractivity contribution in [1.29, 1.82) is 0 Å². The number of hydrogen-bond acceptors (Lipinski definition) is 3. The molecule has 4 nitrogen and oxygen atoms in total. The van der Waals surface area contributed by atoms with Gasteiger partial charge >= 0.3 is 0 Å². The molecule has 0 unspecified atom stereocenters. The average molecular weight is 223 g/mol. The summed E-state index contributed by atoms with van der Waals surface area (Å²) in [7, 11) is 0. The summed E-state index contributed by atoms with van der Waals surface area (Å²) in [4.78, 5) is 4.21. The van der Waals surface area contributed by atoms with E-state index in [1.165, 1.54) is 0 Å². The minimum atomic E-state index is -0.318. The van der Waals surface area contributed by atoms with Gasteiger partial charge in [-0.1, -0.05) is 0 Å². The SMILES string of the molecule is CC(C)(N)c1cncn1CC1CCOCC1. The molecule has 1 aromatic rings. The number of rotatable bonds is 3. The van der Waals surface area contributed by atoms with Gasteiger partial charge in [-0.15, -0.1) is 0 Å². The first-order valence-corrected chi connectivity index (χ1v) is 5.94. The van der Waals surface area contributed by atoms with E-state index in [9.17, 15) is 0 Å². The van der Waals surface area contributed by atoms with Gasteiger partial charge in [0.05, 0.1) is 17.6 Å². The minimum Gasteiger partial charge on any atom is -0.381 e. The van der Waals surface area contributed by atoms with Crippen molar-refractivity contribution in [2.45, 2.75) is 38.8 Å². The summed E-state index contributed by atoms with van der Waals surface area (Å²) in [6.45, 7) is 6.83. The first-order chi connectivity index (χ1) is 7.57. The van der Waals surface area contributed by atoms with Crippen molar-refractivity contribution >= 4 is 0 Å². The van der Waals surface area contributed by atoms with Gasteiger partial charge in [-0.2, -0.15) is 0 Å². The largest absolute Gasteiger partial charge is 0.381 e. The lowest BCUT2D eigenvalue weighted by molar-refractivity contribution is 0.0608. The van der Waals surface area contributed by atoms with Gasteiger partial charge in [0.2, 0.25) is 0 Å². The summed E-state index contributed by atoms with van der Waals surface area (Å²) in [6.07, 6.45) is 6.05. The van der Waals surface area contributed by atoms with Crippen LogP contribution < -0.4 is 5.73 Å². The number of imidazole rings is 1. The lowest BCUT2D eigenvalue weighted by atomic mass is 9.98. The molecule has 4 heteroatoms. The van der Waals surface area contributed by atoms with Crippen LogP contribution in [0.4, 0.5) is 0 Å². The maximum absolute atomic E-state index is 6.12. The van der Waals surface area contributed by atoms with Gasteiger partial charge < -0.3 is 15.0 Å². The van der Waals surface area contributed by atoms with E-state index in [4.69, 9.17) is 10.5 Å². The maximum Gasteiger partial charge on any atom is 0.0948 e. The molecule has 1 aromatic heterocycles. The fraction of sp³-hybridized carbons (Fsp3) is 0.750. The first-order valence-electron chi connectivity index (χ1n) is 5.94. The van der Waals surface area contributed by atoms with Gasteiger partial charge in [0.15, 0.2) is 0 Å². The number of ether oxygens (including phenoxy) is 1. The molecule has 0 spiro atoms. The van der Waals surface area contributed by atoms with Gasteiger partial charge in [0, 0.05) is 26.0 Å². The average Bonchev–Trinajstić information content (AvgIpc) is 2.67. The number of aromatic nitrogens is 2. The Hall–Kier alpha value is -0.870. The Morgan fingerprint density at radius 2 is 2.19 bits per heavy atom. The second kappa shape index (κ2) is 4.55. The molecule has 0 bridgehead atoms. The summed E-state index contributed by atoms with van der Waals surface area (Å²) in [5.74, 6) is 0.698. The highest BCUT2D eigenvalue weighted by Gasteiger charge is 2.21. The highest BCUT2D eigenvalue weighted by atomic mass is 16.5. The zero-order chi connectivity index (χ0) is 11.6. The van der Waals surface area contributed by atoms with Crippen molar-refractivity contribution in [3.8, 4) is 0 Å². The maximum atomic E-state index is 6.12. The summed E-state index contributed by atoms with van der Waals surface area (Å²) < 4.78 is 7.56. The molecule has 0 saturated carbocycles. The predicted molar refractivity (Wildman–Crippen MR) is 63.0 cm³/mol. The van der Waals surface area contributed by atoms with E-state index in [2.05, 4.69) is 9.55 Å². The molecular formula is C12H21N3O. The van der Waals surface area contributed by atoms with Gasteiger partial charge in [-0.25, -0.2) is 4.98 Å². The normalized spacial score (nSPS) is 18.9. The minimum absolute atomic E-state index is 0.318. The third-order valence-electron chi connectivity index (χ3n) is 3.17. The van der Waals surface area contributed by atoms with Crippen molar-refractivity contribution in [3.05, 3.63) is 18.2 Å². The van der Waals surface area contributed by atoms with Crippen molar-refractivity contribution in [2.24, 2.45) is 11.7 Å². The molecule has 90 valence electrons. The Morgan fingerprint density at radius 1 is 1.50 bits per heavy atom. The van der Waals surface area contributed by atoms with Crippen LogP contribution in [-0.2, 0) is 16.8 Å². The molecule has 0 radical (unpaired) electrons. The Balaban J connectivity index is 2.06. The highest BCUT2D eigenvalue weighted by molar-refractivity contribution is 5.09. The molecule has 2 rings (SSSR count). The van der Waals surface area contributed by atoms with E-state index in [1.54, 1.807) is 0 Å². The third kappa shape index (κ3) is 2.62. The molecule has 1 aliphatic heterocycles. The smallest absolute Gasteiger partial charge is 0.0948 e. The molecule has 1 saturated heterocycles. The number of hydrogen-bond donors (Lipinski definition) is 1. The van der Waals surface area contributed by atoms with Gasteiger partial charge in [-0.05, 0) is 32.6 Å². The van der Waals surface area contributed by atoms with Crippen molar-refractivity contribution in [1.82, 2.24) is 9.55 Å². The second-order valence-electron chi connectivity index (χ2n) is 5.21. The number of nitrogens with zero attached hydrogens (tertiary/aromatic N) is 2. The monoisotopic (exact) mass is 223 g/mol. The fourth-order valence-corrected chi connectivity index (χ4v) is 2.21. The van der Waals surface area contributed by atoms with Crippen molar-refractivity contribution in [3.63, 3.8) is 0 Å². The Labute approximate surface area is 96.8 Å². The second-order valence-corrected chi connectivity index (χ2v) is 5.21. The molecule has 0 aliphatic carbocycles. The predicted octanol–water partition coefficient (Wildman–Crippen LogP) is 1.50. The van der Waals surface area contributed by atoms with Crippen LogP contribution in [0.5, 0.6) is 0 Å². The van der Waals surface area contributed by atoms with Crippen LogP contribution in [0.25, 0.3) is 0 Å². The highest BCUT2D eigenvalue weighted by Crippen LogP contribution is 2.21. The van der Waals surface area contributed by atoms with Crippen LogP contribution in [0.15, 0.2) is 12.5 Å². The topological polar surface area (TPSA) is 53.1 Å². The summed E-state index contributed by atoms with van der Waals surface area (Å²) in [6, 6.07) is 0. The van der Waals surface area contributed by atoms with Crippen LogP contribution in [-0.4, -0.2) is 22.8 Å². The molecular weight excluding hydrogens is 202 g/mol. The molecule has 0 aromatic carbocycles. The zero-order valence-electron chi connectivity index (χ0n) is 10.1. The van der Waals surface area contributed by atoms with E-state index in [0.29, 0.717) is 5.92 Å². The van der Waals surface area contributed by atoms with Crippen LogP contribution in [0.2, 0.25) is 0 Å². The van der Waals surface area contributed by atoms with Crippen LogP contribution >= 0.6 is 0 Å². The Morgan fingerprint density at radius 3 is 2.81 bits per heavy atom. The lowest BCUT2D eigenvalue weighted by Crippen LogP contribution is -2.32. The van der Waals surface area contributed by atoms with Crippen LogP contribution in [0, 0.1) is 5.92 Å². The van der Waals surface area contributed by atoms with Gasteiger partial charge in [0.1, 0.15) is 0 Å². The van der Waals surface area contributed by atoms with Gasteiger partial charge in [-0.3, -0.25) is 0 Å². The molecule has 1 fully saturated rings. The fourth-order valence-electron chi connectivity index (χ4n) is 2.21. The Bertz CT molecular complexity index is 334.